The number of hydrogen-bond acceptors (Lipinski definition) is 8. The van der Waals surface area contributed by atoms with E-state index in [0.29, 0.717) is 23.6 Å². The van der Waals surface area contributed by atoms with Gasteiger partial charge in [-0.05, 0) is 55.7 Å². The van der Waals surface area contributed by atoms with Crippen LogP contribution in [-0.2, 0) is 38.5 Å². The highest BCUT2D eigenvalue weighted by molar-refractivity contribution is 6.00. The molecule has 0 saturated heterocycles. The summed E-state index contributed by atoms with van der Waals surface area (Å²) in [7, 11) is 1.44. The fraction of sp³-hybridized carbons (Fsp3) is 0.378. The van der Waals surface area contributed by atoms with Crippen LogP contribution >= 0.6 is 0 Å². The molecule has 2 aromatic heterocycles. The number of amides is 1. The van der Waals surface area contributed by atoms with Gasteiger partial charge >= 0.3 is 18.1 Å². The summed E-state index contributed by atoms with van der Waals surface area (Å²) in [6.45, 7) is 7.11. The number of carbonyl (C=O) groups is 3. The fourth-order valence-electron chi connectivity index (χ4n) is 5.92. The zero-order valence-electron chi connectivity index (χ0n) is 29.9. The highest BCUT2D eigenvalue weighted by Crippen LogP contribution is 2.37. The van der Waals surface area contributed by atoms with Gasteiger partial charge in [0.1, 0.15) is 17.9 Å². The second-order valence-electron chi connectivity index (χ2n) is 12.6. The van der Waals surface area contributed by atoms with Crippen molar-refractivity contribution >= 4 is 34.4 Å². The lowest BCUT2D eigenvalue weighted by atomic mass is 9.91. The lowest BCUT2D eigenvalue weighted by molar-refractivity contribution is -0.184. The van der Waals surface area contributed by atoms with E-state index >= 15 is 4.39 Å². The van der Waals surface area contributed by atoms with E-state index in [1.165, 1.54) is 69.8 Å². The Hall–Kier alpha value is -5.41. The molecular formula is C37H38F6N4O6. The Morgan fingerprint density at radius 1 is 1.02 bits per heavy atom. The molecule has 3 atom stereocenters. The molecule has 0 aliphatic heterocycles. The van der Waals surface area contributed by atoms with Gasteiger partial charge in [0.25, 0.3) is 17.4 Å². The number of halogens is 6. The fourth-order valence-corrected chi connectivity index (χ4v) is 5.92. The summed E-state index contributed by atoms with van der Waals surface area (Å²) < 4.78 is 96.6. The molecule has 2 N–H and O–H groups in total. The van der Waals surface area contributed by atoms with Crippen molar-refractivity contribution in [2.45, 2.75) is 84.9 Å². The largest absolute Gasteiger partial charge is 0.426 e. The third-order valence-corrected chi connectivity index (χ3v) is 8.56. The Bertz CT molecular complexity index is 2090. The number of rotatable bonds is 12. The van der Waals surface area contributed by atoms with Gasteiger partial charge in [0.15, 0.2) is 0 Å². The SMILES string of the molecule is CC[C@@H](Nc1cc(C)c(C(=O)N[C@@H](Cc2ccc(-c3c(C(C)(F)F)cc(C)n(C)c3=O)c3ncccc23)C(=O)OC(C)OC(C)=O)c(F)c1)C(F)(F)F. The van der Waals surface area contributed by atoms with E-state index in [0.717, 1.165) is 19.1 Å². The van der Waals surface area contributed by atoms with Crippen LogP contribution < -0.4 is 16.2 Å². The van der Waals surface area contributed by atoms with Crippen molar-refractivity contribution in [2.24, 2.45) is 7.05 Å². The van der Waals surface area contributed by atoms with Crippen molar-refractivity contribution in [3.63, 3.8) is 0 Å². The zero-order valence-corrected chi connectivity index (χ0v) is 29.9. The summed E-state index contributed by atoms with van der Waals surface area (Å²) in [5, 5.41) is 4.94. The van der Waals surface area contributed by atoms with Gasteiger partial charge in [-0.3, -0.25) is 19.4 Å². The predicted molar refractivity (Wildman–Crippen MR) is 184 cm³/mol. The molecule has 53 heavy (non-hydrogen) atoms. The number of hydrogen-bond donors (Lipinski definition) is 2. The maximum Gasteiger partial charge on any atom is 0.408 e. The van der Waals surface area contributed by atoms with Crippen LogP contribution in [0.5, 0.6) is 0 Å². The van der Waals surface area contributed by atoms with Crippen molar-refractivity contribution in [2.75, 3.05) is 5.32 Å². The van der Waals surface area contributed by atoms with Gasteiger partial charge < -0.3 is 24.7 Å². The third kappa shape index (κ3) is 9.15. The summed E-state index contributed by atoms with van der Waals surface area (Å²) in [4.78, 5) is 56.4. The number of pyridine rings is 2. The van der Waals surface area contributed by atoms with Gasteiger partial charge in [-0.25, -0.2) is 18.0 Å². The van der Waals surface area contributed by atoms with Crippen molar-refractivity contribution in [3.05, 3.63) is 92.8 Å². The first-order valence-corrected chi connectivity index (χ1v) is 16.4. The monoisotopic (exact) mass is 748 g/mol. The zero-order chi connectivity index (χ0) is 39.6. The molecule has 1 amide bonds. The van der Waals surface area contributed by atoms with Gasteiger partial charge in [-0.15, -0.1) is 0 Å². The molecule has 0 fully saturated rings. The highest BCUT2D eigenvalue weighted by atomic mass is 19.4. The van der Waals surface area contributed by atoms with Crippen molar-refractivity contribution in [3.8, 4) is 11.1 Å². The number of anilines is 1. The molecule has 284 valence electrons. The number of nitrogens with zero attached hydrogens (tertiary/aromatic N) is 2. The summed E-state index contributed by atoms with van der Waals surface area (Å²) >= 11 is 0. The van der Waals surface area contributed by atoms with Gasteiger partial charge in [0.2, 0.25) is 6.29 Å². The number of aryl methyl sites for hydroxylation is 2. The topological polar surface area (TPSA) is 129 Å². The van der Waals surface area contributed by atoms with Gasteiger partial charge in [0.05, 0.1) is 16.6 Å². The van der Waals surface area contributed by atoms with Crippen LogP contribution in [-0.4, -0.2) is 51.9 Å². The molecule has 4 aromatic rings. The van der Waals surface area contributed by atoms with Gasteiger partial charge in [-0.1, -0.05) is 25.1 Å². The van der Waals surface area contributed by atoms with E-state index in [2.05, 4.69) is 15.6 Å². The Morgan fingerprint density at radius 2 is 1.70 bits per heavy atom. The molecule has 0 bridgehead atoms. The Kier molecular flexibility index (Phi) is 11.9. The van der Waals surface area contributed by atoms with E-state index in [4.69, 9.17) is 9.47 Å². The average Bonchev–Trinajstić information content (AvgIpc) is 3.04. The molecular weight excluding hydrogens is 710 g/mol. The van der Waals surface area contributed by atoms with Crippen LogP contribution in [0.15, 0.2) is 53.5 Å². The molecule has 1 unspecified atom stereocenters. The minimum Gasteiger partial charge on any atom is -0.426 e. The summed E-state index contributed by atoms with van der Waals surface area (Å²) in [6, 6.07) is 5.47. The molecule has 0 radical (unpaired) electrons. The third-order valence-electron chi connectivity index (χ3n) is 8.56. The van der Waals surface area contributed by atoms with E-state index in [1.54, 1.807) is 6.07 Å². The summed E-state index contributed by atoms with van der Waals surface area (Å²) in [5.74, 6) is -7.60. The maximum atomic E-state index is 15.4. The molecule has 2 aromatic carbocycles. The molecule has 0 spiro atoms. The van der Waals surface area contributed by atoms with Gasteiger partial charge in [0, 0.05) is 68.3 Å². The minimum absolute atomic E-state index is 0.0513. The van der Waals surface area contributed by atoms with E-state index in [-0.39, 0.29) is 40.7 Å². The molecule has 10 nitrogen and oxygen atoms in total. The predicted octanol–water partition coefficient (Wildman–Crippen LogP) is 7.01. The maximum absolute atomic E-state index is 15.4. The first-order valence-electron chi connectivity index (χ1n) is 16.4. The second-order valence-corrected chi connectivity index (χ2v) is 12.6. The van der Waals surface area contributed by atoms with E-state index < -0.39 is 70.8 Å². The van der Waals surface area contributed by atoms with Gasteiger partial charge in [-0.2, -0.15) is 13.2 Å². The normalized spacial score (nSPS) is 13.6. The smallest absolute Gasteiger partial charge is 0.408 e. The number of nitrogens with one attached hydrogen (secondary N) is 2. The van der Waals surface area contributed by atoms with E-state index in [9.17, 15) is 41.1 Å². The lowest BCUT2D eigenvalue weighted by Gasteiger charge is -2.23. The standard InChI is InChI=1S/C37H38F6N4O6/c1-8-29(37(41,42)43)45-23-14-18(2)30(27(38)17-23)33(49)46-28(35(51)53-21(5)52-20(4)48)16-22-11-12-25(32-24(22)10-9-13-44-32)31-26(36(6,39)40)15-19(3)47(7)34(31)50/h9-15,17,21,28-29,45H,8,16H2,1-7H3,(H,46,49)/t21?,28-,29+/m0/s1. The van der Waals surface area contributed by atoms with Crippen LogP contribution in [0, 0.1) is 19.7 Å². The van der Waals surface area contributed by atoms with Crippen LogP contribution in [0.1, 0.15) is 66.9 Å². The van der Waals surface area contributed by atoms with Crippen LogP contribution in [0.2, 0.25) is 0 Å². The molecule has 2 heterocycles. The van der Waals surface area contributed by atoms with Crippen LogP contribution in [0.3, 0.4) is 0 Å². The highest BCUT2D eigenvalue weighted by Gasteiger charge is 2.38. The molecule has 0 aliphatic rings. The lowest BCUT2D eigenvalue weighted by Crippen LogP contribution is -2.45. The molecule has 16 heteroatoms. The Balaban J connectivity index is 1.78. The number of alkyl halides is 5. The first kappa shape index (κ1) is 40.4. The van der Waals surface area contributed by atoms with Crippen LogP contribution in [0.25, 0.3) is 22.0 Å². The number of esters is 2. The van der Waals surface area contributed by atoms with Crippen LogP contribution in [0.4, 0.5) is 32.0 Å². The summed E-state index contributed by atoms with van der Waals surface area (Å²) in [6.07, 6.45) is -5.35. The quantitative estimate of drug-likeness (QED) is 0.0900. The molecule has 0 saturated carbocycles. The first-order chi connectivity index (χ1) is 24.6. The molecule has 0 aliphatic carbocycles. The Labute approximate surface area is 300 Å². The van der Waals surface area contributed by atoms with Crippen molar-refractivity contribution in [1.82, 2.24) is 14.9 Å². The second kappa shape index (κ2) is 15.7. The Morgan fingerprint density at radius 3 is 2.28 bits per heavy atom. The van der Waals surface area contributed by atoms with Crippen molar-refractivity contribution in [1.29, 1.82) is 0 Å². The number of ether oxygens (including phenoxy) is 2. The average molecular weight is 749 g/mol. The number of aromatic nitrogens is 2. The number of benzene rings is 2. The number of carbonyl (C=O) groups excluding carboxylic acids is 3. The number of fused-ring (bicyclic) bond motifs is 1. The summed E-state index contributed by atoms with van der Waals surface area (Å²) in [5.41, 5.74) is -1.52. The minimum atomic E-state index is -4.62. The van der Waals surface area contributed by atoms with E-state index in [1.807, 2.05) is 0 Å². The van der Waals surface area contributed by atoms with Crippen molar-refractivity contribution < 1.29 is 50.2 Å². The molecule has 4 rings (SSSR count).